The number of imidazole rings is 1. The van der Waals surface area contributed by atoms with E-state index in [2.05, 4.69) is 20.6 Å². The van der Waals surface area contributed by atoms with Crippen LogP contribution in [0.25, 0.3) is 10.9 Å². The summed E-state index contributed by atoms with van der Waals surface area (Å²) in [4.78, 5) is 47.6. The van der Waals surface area contributed by atoms with Crippen LogP contribution in [-0.2, 0) is 11.3 Å². The number of likely N-dealkylation sites (tertiary alicyclic amines) is 1. The van der Waals surface area contributed by atoms with Gasteiger partial charge >= 0.3 is 12.0 Å². The molecule has 1 aliphatic heterocycles. The van der Waals surface area contributed by atoms with Gasteiger partial charge in [0.05, 0.1) is 6.54 Å². The molecule has 0 bridgehead atoms. The number of carbonyl (C=O) groups excluding carboxylic acids is 2. The highest BCUT2D eigenvalue weighted by Gasteiger charge is 2.29. The number of nitrogens with zero attached hydrogens (tertiary/aromatic N) is 3. The number of para-hydroxylation sites is 1. The zero-order valence-corrected chi connectivity index (χ0v) is 22.4. The van der Waals surface area contributed by atoms with Crippen molar-refractivity contribution in [1.82, 2.24) is 30.1 Å². The molecule has 1 fully saturated rings. The number of aromatic carboxylic acids is 1. The van der Waals surface area contributed by atoms with Gasteiger partial charge in [-0.1, -0.05) is 44.9 Å². The molecule has 0 saturated carbocycles. The van der Waals surface area contributed by atoms with Gasteiger partial charge in [0.25, 0.3) is 0 Å². The van der Waals surface area contributed by atoms with Crippen LogP contribution in [0.2, 0.25) is 0 Å². The maximum absolute atomic E-state index is 13.7. The van der Waals surface area contributed by atoms with Crippen molar-refractivity contribution in [3.63, 3.8) is 0 Å². The summed E-state index contributed by atoms with van der Waals surface area (Å²) in [6.45, 7) is 7.38. The molecule has 4 rings (SSSR count). The number of hydrogen-bond donors (Lipinski definition) is 4. The summed E-state index contributed by atoms with van der Waals surface area (Å²) in [5.74, 6) is -0.933. The van der Waals surface area contributed by atoms with Crippen molar-refractivity contribution in [2.45, 2.75) is 71.5 Å². The smallest absolute Gasteiger partial charge is 0.356 e. The lowest BCUT2D eigenvalue weighted by molar-refractivity contribution is -0.124. The van der Waals surface area contributed by atoms with Gasteiger partial charge in [0.1, 0.15) is 17.9 Å². The van der Waals surface area contributed by atoms with Gasteiger partial charge in [-0.15, -0.1) is 0 Å². The van der Waals surface area contributed by atoms with E-state index in [-0.39, 0.29) is 23.6 Å². The number of amides is 3. The molecule has 3 aromatic rings. The largest absolute Gasteiger partial charge is 0.476 e. The fourth-order valence-electron chi connectivity index (χ4n) is 5.04. The quantitative estimate of drug-likeness (QED) is 0.334. The van der Waals surface area contributed by atoms with E-state index in [0.717, 1.165) is 36.6 Å². The van der Waals surface area contributed by atoms with E-state index in [1.54, 1.807) is 11.8 Å². The van der Waals surface area contributed by atoms with E-state index in [1.165, 1.54) is 0 Å². The van der Waals surface area contributed by atoms with Crippen LogP contribution in [0.4, 0.5) is 4.79 Å². The number of aromatic nitrogens is 3. The lowest BCUT2D eigenvalue weighted by Gasteiger charge is -2.27. The van der Waals surface area contributed by atoms with E-state index in [4.69, 9.17) is 0 Å². The first-order chi connectivity index (χ1) is 18.2. The number of carbonyl (C=O) groups is 3. The van der Waals surface area contributed by atoms with Gasteiger partial charge in [-0.2, -0.15) is 0 Å². The third kappa shape index (κ3) is 6.54. The minimum absolute atomic E-state index is 0.0789. The van der Waals surface area contributed by atoms with Crippen molar-refractivity contribution in [2.75, 3.05) is 13.1 Å². The standard InChI is InChI=1S/C28H38N6O4/c1-18(2)16-21(31-28(38)33-13-8-4-5-9-14-33)26(35)30-22(25-29-19(3)24(32-25)27(36)37)17-34-15-12-20-10-6-7-11-23(20)34/h6-7,10-12,15,18,21-22H,4-5,8-9,13-14,16-17H2,1-3H3,(H,29,32)(H,30,35)(H,31,38)(H,36,37)/t21-,22+/m0/s1. The van der Waals surface area contributed by atoms with Crippen LogP contribution in [0.15, 0.2) is 36.5 Å². The Labute approximate surface area is 222 Å². The molecule has 0 radical (unpaired) electrons. The number of fused-ring (bicyclic) bond motifs is 1. The van der Waals surface area contributed by atoms with Gasteiger partial charge in [-0.25, -0.2) is 14.6 Å². The Bertz CT molecular complexity index is 1270. The second kappa shape index (κ2) is 12.1. The van der Waals surface area contributed by atoms with Crippen molar-refractivity contribution >= 4 is 28.8 Å². The molecule has 38 heavy (non-hydrogen) atoms. The van der Waals surface area contributed by atoms with Gasteiger partial charge in [0.15, 0.2) is 5.69 Å². The summed E-state index contributed by atoms with van der Waals surface area (Å²) < 4.78 is 2.01. The molecule has 2 aromatic heterocycles. The first-order valence-electron chi connectivity index (χ1n) is 13.4. The Morgan fingerprint density at radius 3 is 2.42 bits per heavy atom. The summed E-state index contributed by atoms with van der Waals surface area (Å²) in [7, 11) is 0. The molecule has 4 N–H and O–H groups in total. The average Bonchev–Trinajstić information content (AvgIpc) is 3.35. The summed E-state index contributed by atoms with van der Waals surface area (Å²) in [5.41, 5.74) is 1.32. The summed E-state index contributed by atoms with van der Waals surface area (Å²) in [6, 6.07) is 8.31. The summed E-state index contributed by atoms with van der Waals surface area (Å²) >= 11 is 0. The molecule has 10 nitrogen and oxygen atoms in total. The molecular weight excluding hydrogens is 484 g/mol. The number of carboxylic acids is 1. The summed E-state index contributed by atoms with van der Waals surface area (Å²) in [6.07, 6.45) is 6.55. The Hall–Kier alpha value is -3.82. The molecule has 0 spiro atoms. The van der Waals surface area contributed by atoms with Crippen molar-refractivity contribution in [1.29, 1.82) is 0 Å². The van der Waals surface area contributed by atoms with E-state index in [1.807, 2.05) is 54.9 Å². The number of benzene rings is 1. The first-order valence-corrected chi connectivity index (χ1v) is 13.4. The average molecular weight is 523 g/mol. The molecule has 204 valence electrons. The van der Waals surface area contributed by atoms with Crippen molar-refractivity contribution in [3.05, 3.63) is 53.7 Å². The molecule has 0 aliphatic carbocycles. The van der Waals surface area contributed by atoms with E-state index >= 15 is 0 Å². The number of aryl methyl sites for hydroxylation is 1. The monoisotopic (exact) mass is 522 g/mol. The Kier molecular flexibility index (Phi) is 8.70. The normalized spacial score (nSPS) is 15.7. The van der Waals surface area contributed by atoms with E-state index in [0.29, 0.717) is 37.6 Å². The highest BCUT2D eigenvalue weighted by molar-refractivity contribution is 5.88. The van der Waals surface area contributed by atoms with E-state index in [9.17, 15) is 19.5 Å². The van der Waals surface area contributed by atoms with Crippen LogP contribution >= 0.6 is 0 Å². The van der Waals surface area contributed by atoms with Crippen molar-refractivity contribution < 1.29 is 19.5 Å². The highest BCUT2D eigenvalue weighted by atomic mass is 16.4. The summed E-state index contributed by atoms with van der Waals surface area (Å²) in [5, 5.41) is 16.6. The Morgan fingerprint density at radius 2 is 1.76 bits per heavy atom. The third-order valence-electron chi connectivity index (χ3n) is 7.03. The van der Waals surface area contributed by atoms with Crippen LogP contribution in [-0.4, -0.2) is 61.6 Å². The van der Waals surface area contributed by atoms with Crippen molar-refractivity contribution in [3.8, 4) is 0 Å². The molecule has 1 aromatic carbocycles. The lowest BCUT2D eigenvalue weighted by atomic mass is 10.0. The maximum Gasteiger partial charge on any atom is 0.356 e. The number of hydrogen-bond acceptors (Lipinski definition) is 4. The molecule has 0 unspecified atom stereocenters. The zero-order valence-electron chi connectivity index (χ0n) is 22.4. The minimum atomic E-state index is -1.14. The third-order valence-corrected chi connectivity index (χ3v) is 7.03. The zero-order chi connectivity index (χ0) is 27.2. The Morgan fingerprint density at radius 1 is 1.05 bits per heavy atom. The molecule has 1 aliphatic rings. The number of urea groups is 1. The second-order valence-corrected chi connectivity index (χ2v) is 10.5. The number of aromatic amines is 1. The van der Waals surface area contributed by atoms with Gasteiger partial charge in [-0.05, 0) is 49.6 Å². The van der Waals surface area contributed by atoms with Crippen LogP contribution in [0, 0.1) is 12.8 Å². The van der Waals surface area contributed by atoms with Gasteiger partial charge in [-0.3, -0.25) is 4.79 Å². The van der Waals surface area contributed by atoms with Gasteiger partial charge in [0, 0.05) is 30.5 Å². The molecular formula is C28H38N6O4. The van der Waals surface area contributed by atoms with Crippen LogP contribution in [0.5, 0.6) is 0 Å². The lowest BCUT2D eigenvalue weighted by Crippen LogP contribution is -2.52. The second-order valence-electron chi connectivity index (χ2n) is 10.5. The molecule has 3 amide bonds. The van der Waals surface area contributed by atoms with Crippen molar-refractivity contribution in [2.24, 2.45) is 5.92 Å². The molecule has 3 heterocycles. The van der Waals surface area contributed by atoms with Gasteiger partial charge < -0.3 is 30.2 Å². The Balaban J connectivity index is 1.59. The fourth-order valence-corrected chi connectivity index (χ4v) is 5.04. The van der Waals surface area contributed by atoms with Gasteiger partial charge in [0.2, 0.25) is 5.91 Å². The van der Waals surface area contributed by atoms with Crippen LogP contribution in [0.1, 0.15) is 74.0 Å². The number of H-pyrrole nitrogens is 1. The van der Waals surface area contributed by atoms with Crippen LogP contribution in [0.3, 0.4) is 0 Å². The molecule has 1 saturated heterocycles. The highest BCUT2D eigenvalue weighted by Crippen LogP contribution is 2.21. The maximum atomic E-state index is 13.7. The predicted molar refractivity (Wildman–Crippen MR) is 145 cm³/mol. The van der Waals surface area contributed by atoms with E-state index < -0.39 is 18.1 Å². The predicted octanol–water partition coefficient (Wildman–Crippen LogP) is 4.23. The number of rotatable bonds is 9. The first kappa shape index (κ1) is 27.2. The van der Waals surface area contributed by atoms with Crippen LogP contribution < -0.4 is 10.6 Å². The topological polar surface area (TPSA) is 132 Å². The number of nitrogens with one attached hydrogen (secondary N) is 3. The minimum Gasteiger partial charge on any atom is -0.476 e. The fraction of sp³-hybridized carbons (Fsp3) is 0.500. The SMILES string of the molecule is Cc1[nH]c([C@@H](Cn2ccc3ccccc32)NC(=O)[C@H](CC(C)C)NC(=O)N2CCCCCC2)nc1C(=O)O. The molecule has 10 heteroatoms. The number of carboxylic acid groups (broad SMARTS) is 1. The molecule has 2 atom stereocenters.